The van der Waals surface area contributed by atoms with Crippen LogP contribution in [0, 0.1) is 6.92 Å². The lowest BCUT2D eigenvalue weighted by Crippen LogP contribution is -2.27. The van der Waals surface area contributed by atoms with Gasteiger partial charge in [-0.25, -0.2) is 0 Å². The van der Waals surface area contributed by atoms with Gasteiger partial charge >= 0.3 is 0 Å². The molecule has 0 spiro atoms. The summed E-state index contributed by atoms with van der Waals surface area (Å²) in [7, 11) is 0. The number of rotatable bonds is 2. The first-order valence-electron chi connectivity index (χ1n) is 6.10. The zero-order chi connectivity index (χ0) is 10.7. The molecule has 0 aromatic heterocycles. The lowest BCUT2D eigenvalue weighted by molar-refractivity contribution is 0.288. The summed E-state index contributed by atoms with van der Waals surface area (Å²) in [6.45, 7) is 8.19. The molecule has 0 amide bonds. The number of hydrogen-bond donors (Lipinski definition) is 0. The van der Waals surface area contributed by atoms with Gasteiger partial charge in [0.2, 0.25) is 0 Å². The molecular weight excluding hydrogens is 182 g/mol. The minimum absolute atomic E-state index is 1.23. The molecule has 0 bridgehead atoms. The van der Waals surface area contributed by atoms with E-state index in [0.717, 1.165) is 0 Å². The maximum absolute atomic E-state index is 2.59. The fraction of sp³-hybridized carbons (Fsp3) is 0.571. The highest BCUT2D eigenvalue weighted by Gasteiger charge is 2.12. The Morgan fingerprint density at radius 2 is 1.87 bits per heavy atom. The number of fused-ring (bicyclic) bond motifs is 1. The van der Waals surface area contributed by atoms with E-state index in [9.17, 15) is 0 Å². The number of aryl methyl sites for hydroxylation is 1. The Morgan fingerprint density at radius 1 is 1.13 bits per heavy atom. The molecule has 1 heterocycles. The molecule has 2 rings (SSSR count). The minimum atomic E-state index is 1.23. The van der Waals surface area contributed by atoms with Gasteiger partial charge in [0.1, 0.15) is 0 Å². The van der Waals surface area contributed by atoms with E-state index >= 15 is 0 Å². The molecule has 0 atom stereocenters. The molecule has 1 heteroatoms. The van der Waals surface area contributed by atoms with E-state index in [0.29, 0.717) is 0 Å². The van der Waals surface area contributed by atoms with Crippen LogP contribution < -0.4 is 0 Å². The van der Waals surface area contributed by atoms with Gasteiger partial charge in [0.15, 0.2) is 0 Å². The fourth-order valence-electron chi connectivity index (χ4n) is 2.44. The predicted octanol–water partition coefficient (Wildman–Crippen LogP) is 2.81. The topological polar surface area (TPSA) is 3.24 Å². The molecule has 0 N–H and O–H groups in total. The third-order valence-electron chi connectivity index (χ3n) is 3.30. The molecule has 1 nitrogen and oxygen atoms in total. The van der Waals surface area contributed by atoms with Crippen LogP contribution in [0.3, 0.4) is 0 Å². The van der Waals surface area contributed by atoms with E-state index in [4.69, 9.17) is 0 Å². The van der Waals surface area contributed by atoms with Crippen molar-refractivity contribution in [2.75, 3.05) is 19.6 Å². The molecule has 15 heavy (non-hydrogen) atoms. The molecule has 1 aliphatic rings. The normalized spacial score (nSPS) is 17.2. The standard InChI is InChI=1S/C14H21N/c1-3-8-15-9-6-13-5-4-12(2)11-14(13)7-10-15/h4-5,11H,3,6-10H2,1-2H3. The monoisotopic (exact) mass is 203 g/mol. The zero-order valence-electron chi connectivity index (χ0n) is 9.92. The molecule has 1 aromatic carbocycles. The van der Waals surface area contributed by atoms with Crippen LogP contribution in [-0.4, -0.2) is 24.5 Å². The van der Waals surface area contributed by atoms with Crippen LogP contribution in [0.5, 0.6) is 0 Å². The van der Waals surface area contributed by atoms with Crippen LogP contribution in [0.1, 0.15) is 30.0 Å². The Balaban J connectivity index is 2.11. The van der Waals surface area contributed by atoms with Crippen LogP contribution in [-0.2, 0) is 12.8 Å². The molecule has 0 unspecified atom stereocenters. The van der Waals surface area contributed by atoms with Crippen LogP contribution in [0.15, 0.2) is 18.2 Å². The predicted molar refractivity (Wildman–Crippen MR) is 65.3 cm³/mol. The quantitative estimate of drug-likeness (QED) is 0.714. The van der Waals surface area contributed by atoms with Crippen molar-refractivity contribution in [3.8, 4) is 0 Å². The Kier molecular flexibility index (Phi) is 3.42. The van der Waals surface area contributed by atoms with Gasteiger partial charge in [0.05, 0.1) is 0 Å². The summed E-state index contributed by atoms with van der Waals surface area (Å²) in [5.41, 5.74) is 4.55. The van der Waals surface area contributed by atoms with Crippen LogP contribution in [0.25, 0.3) is 0 Å². The van der Waals surface area contributed by atoms with Gasteiger partial charge in [-0.1, -0.05) is 30.7 Å². The average Bonchev–Trinajstić information content (AvgIpc) is 2.42. The first kappa shape index (κ1) is 10.7. The van der Waals surface area contributed by atoms with E-state index in [1.165, 1.54) is 44.5 Å². The van der Waals surface area contributed by atoms with Crippen molar-refractivity contribution in [2.45, 2.75) is 33.1 Å². The maximum atomic E-state index is 2.59. The molecule has 0 fully saturated rings. The summed E-state index contributed by atoms with van der Waals surface area (Å²) in [6, 6.07) is 6.93. The van der Waals surface area contributed by atoms with Crippen molar-refractivity contribution in [2.24, 2.45) is 0 Å². The van der Waals surface area contributed by atoms with Gasteiger partial charge in [0.25, 0.3) is 0 Å². The van der Waals surface area contributed by atoms with Gasteiger partial charge in [-0.05, 0) is 43.9 Å². The summed E-state index contributed by atoms with van der Waals surface area (Å²) in [5.74, 6) is 0. The fourth-order valence-corrected chi connectivity index (χ4v) is 2.44. The molecular formula is C14H21N. The molecule has 1 aliphatic heterocycles. The lowest BCUT2D eigenvalue weighted by atomic mass is 10.0. The minimum Gasteiger partial charge on any atom is -0.303 e. The SMILES string of the molecule is CCCN1CCc2ccc(C)cc2CC1. The highest BCUT2D eigenvalue weighted by atomic mass is 15.1. The number of nitrogens with zero attached hydrogens (tertiary/aromatic N) is 1. The van der Waals surface area contributed by atoms with Crippen molar-refractivity contribution in [1.29, 1.82) is 0 Å². The van der Waals surface area contributed by atoms with E-state index in [-0.39, 0.29) is 0 Å². The summed E-state index contributed by atoms with van der Waals surface area (Å²) in [5, 5.41) is 0. The maximum Gasteiger partial charge on any atom is 0.00220 e. The first-order valence-corrected chi connectivity index (χ1v) is 6.10. The second-order valence-electron chi connectivity index (χ2n) is 4.61. The second kappa shape index (κ2) is 4.80. The third-order valence-corrected chi connectivity index (χ3v) is 3.30. The van der Waals surface area contributed by atoms with Crippen LogP contribution in [0.2, 0.25) is 0 Å². The molecule has 82 valence electrons. The van der Waals surface area contributed by atoms with Gasteiger partial charge < -0.3 is 4.90 Å². The van der Waals surface area contributed by atoms with Crippen molar-refractivity contribution in [3.63, 3.8) is 0 Å². The Bertz CT molecular complexity index is 330. The third kappa shape index (κ3) is 2.60. The van der Waals surface area contributed by atoms with E-state index in [1.54, 1.807) is 11.1 Å². The summed E-state index contributed by atoms with van der Waals surface area (Å²) >= 11 is 0. The number of benzene rings is 1. The number of hydrogen-bond acceptors (Lipinski definition) is 1. The summed E-state index contributed by atoms with van der Waals surface area (Å²) in [6.07, 6.45) is 3.74. The smallest absolute Gasteiger partial charge is 0.00220 e. The first-order chi connectivity index (χ1) is 7.29. The summed E-state index contributed by atoms with van der Waals surface area (Å²) < 4.78 is 0. The highest BCUT2D eigenvalue weighted by Crippen LogP contribution is 2.17. The average molecular weight is 203 g/mol. The van der Waals surface area contributed by atoms with E-state index in [2.05, 4.69) is 36.9 Å². The molecule has 0 radical (unpaired) electrons. The Morgan fingerprint density at radius 3 is 2.60 bits per heavy atom. The summed E-state index contributed by atoms with van der Waals surface area (Å²) in [4.78, 5) is 2.59. The van der Waals surface area contributed by atoms with Crippen molar-refractivity contribution < 1.29 is 0 Å². The van der Waals surface area contributed by atoms with Crippen LogP contribution in [0.4, 0.5) is 0 Å². The molecule has 0 saturated carbocycles. The van der Waals surface area contributed by atoms with E-state index in [1.807, 2.05) is 0 Å². The highest BCUT2D eigenvalue weighted by molar-refractivity contribution is 5.32. The van der Waals surface area contributed by atoms with Gasteiger partial charge in [-0.3, -0.25) is 0 Å². The Labute approximate surface area is 93.1 Å². The molecule has 0 aliphatic carbocycles. The van der Waals surface area contributed by atoms with Gasteiger partial charge in [-0.2, -0.15) is 0 Å². The second-order valence-corrected chi connectivity index (χ2v) is 4.61. The lowest BCUT2D eigenvalue weighted by Gasteiger charge is -2.18. The largest absolute Gasteiger partial charge is 0.303 e. The molecule has 0 saturated heterocycles. The van der Waals surface area contributed by atoms with Gasteiger partial charge in [-0.15, -0.1) is 0 Å². The Hall–Kier alpha value is -0.820. The van der Waals surface area contributed by atoms with Crippen molar-refractivity contribution >= 4 is 0 Å². The molecule has 1 aromatic rings. The van der Waals surface area contributed by atoms with Gasteiger partial charge in [0, 0.05) is 13.1 Å². The van der Waals surface area contributed by atoms with Crippen LogP contribution >= 0.6 is 0 Å². The van der Waals surface area contributed by atoms with Crippen molar-refractivity contribution in [3.05, 3.63) is 34.9 Å². The zero-order valence-corrected chi connectivity index (χ0v) is 9.92. The van der Waals surface area contributed by atoms with Crippen molar-refractivity contribution in [1.82, 2.24) is 4.90 Å². The van der Waals surface area contributed by atoms with E-state index < -0.39 is 0 Å².